The molecule has 33 heavy (non-hydrogen) atoms. The van der Waals surface area contributed by atoms with Crippen molar-refractivity contribution in [3.8, 4) is 0 Å². The lowest BCUT2D eigenvalue weighted by molar-refractivity contribution is -0.131. The van der Waals surface area contributed by atoms with E-state index >= 15 is 0 Å². The first kappa shape index (κ1) is 22.5. The van der Waals surface area contributed by atoms with Gasteiger partial charge in [-0.25, -0.2) is 8.78 Å². The molecule has 0 saturated carbocycles. The maximum atomic E-state index is 13.3. The molecule has 168 valence electrons. The molecular weight excluding hydrogens is 444 g/mol. The molecule has 0 aliphatic carbocycles. The zero-order valence-corrected chi connectivity index (χ0v) is 18.4. The molecule has 0 radical (unpaired) electrons. The highest BCUT2D eigenvalue weighted by atomic mass is 32.1. The van der Waals surface area contributed by atoms with Crippen molar-refractivity contribution in [1.82, 2.24) is 9.80 Å². The average molecular weight is 466 g/mol. The first-order valence-corrected chi connectivity index (χ1v) is 10.8. The van der Waals surface area contributed by atoms with Gasteiger partial charge in [-0.2, -0.15) is 0 Å². The third-order valence-corrected chi connectivity index (χ3v) is 5.82. The molecule has 2 amide bonds. The van der Waals surface area contributed by atoms with Gasteiger partial charge in [-0.05, 0) is 59.7 Å². The van der Waals surface area contributed by atoms with E-state index in [2.05, 4.69) is 5.32 Å². The summed E-state index contributed by atoms with van der Waals surface area (Å²) >= 11 is 5.62. The van der Waals surface area contributed by atoms with Gasteiger partial charge in [0.2, 0.25) is 5.91 Å². The van der Waals surface area contributed by atoms with Crippen LogP contribution in [-0.2, 0) is 22.7 Å². The van der Waals surface area contributed by atoms with Crippen LogP contribution >= 0.6 is 12.2 Å². The van der Waals surface area contributed by atoms with Crippen molar-refractivity contribution in [2.45, 2.75) is 25.6 Å². The lowest BCUT2D eigenvalue weighted by Gasteiger charge is -2.24. The molecule has 4 rings (SSSR count). The van der Waals surface area contributed by atoms with Crippen molar-refractivity contribution in [1.29, 1.82) is 0 Å². The summed E-state index contributed by atoms with van der Waals surface area (Å²) in [6, 6.07) is 19.9. The quantitative estimate of drug-likeness (QED) is 0.523. The Hall–Kier alpha value is -3.65. The van der Waals surface area contributed by atoms with Crippen LogP contribution in [0.4, 0.5) is 14.5 Å². The lowest BCUT2D eigenvalue weighted by Crippen LogP contribution is -2.37. The van der Waals surface area contributed by atoms with Gasteiger partial charge in [0.15, 0.2) is 5.11 Å². The zero-order valence-electron chi connectivity index (χ0n) is 17.6. The van der Waals surface area contributed by atoms with Crippen LogP contribution < -0.4 is 5.32 Å². The molecule has 1 heterocycles. The Kier molecular flexibility index (Phi) is 6.74. The summed E-state index contributed by atoms with van der Waals surface area (Å²) in [5.41, 5.74) is 2.10. The molecule has 0 spiro atoms. The number of amides is 2. The molecule has 0 bridgehead atoms. The zero-order chi connectivity index (χ0) is 23.4. The van der Waals surface area contributed by atoms with Gasteiger partial charge in [0.05, 0.1) is 13.0 Å². The van der Waals surface area contributed by atoms with Crippen LogP contribution in [0.3, 0.4) is 0 Å². The summed E-state index contributed by atoms with van der Waals surface area (Å²) in [6.07, 6.45) is -0.136. The van der Waals surface area contributed by atoms with Crippen LogP contribution in [-0.4, -0.2) is 32.8 Å². The Morgan fingerprint density at radius 1 is 0.848 bits per heavy atom. The molecule has 0 aromatic heterocycles. The fourth-order valence-corrected chi connectivity index (χ4v) is 4.04. The molecule has 1 saturated heterocycles. The van der Waals surface area contributed by atoms with E-state index in [0.717, 1.165) is 11.1 Å². The molecule has 3 aromatic rings. The maximum absolute atomic E-state index is 13.3. The van der Waals surface area contributed by atoms with Gasteiger partial charge in [0.25, 0.3) is 5.91 Å². The van der Waals surface area contributed by atoms with Gasteiger partial charge in [-0.1, -0.05) is 42.5 Å². The molecular formula is C25H21F2N3O2S. The van der Waals surface area contributed by atoms with Gasteiger partial charge in [-0.3, -0.25) is 14.5 Å². The lowest BCUT2D eigenvalue weighted by atomic mass is 10.1. The maximum Gasteiger partial charge on any atom is 0.252 e. The van der Waals surface area contributed by atoms with Crippen LogP contribution in [0, 0.1) is 11.6 Å². The van der Waals surface area contributed by atoms with E-state index in [9.17, 15) is 18.4 Å². The van der Waals surface area contributed by atoms with Crippen molar-refractivity contribution < 1.29 is 18.4 Å². The Morgan fingerprint density at radius 2 is 1.42 bits per heavy atom. The number of rotatable bonds is 7. The first-order valence-electron chi connectivity index (χ1n) is 10.4. The van der Waals surface area contributed by atoms with E-state index in [0.29, 0.717) is 10.8 Å². The van der Waals surface area contributed by atoms with Crippen LogP contribution in [0.5, 0.6) is 0 Å². The molecule has 1 fully saturated rings. The first-order chi connectivity index (χ1) is 15.9. The molecule has 1 atom stereocenters. The fraction of sp³-hybridized carbons (Fsp3) is 0.160. The molecule has 1 aliphatic rings. The fourth-order valence-electron chi connectivity index (χ4n) is 3.69. The molecule has 8 heteroatoms. The monoisotopic (exact) mass is 465 g/mol. The van der Waals surface area contributed by atoms with E-state index in [1.165, 1.54) is 41.3 Å². The number of halogens is 2. The minimum atomic E-state index is -0.813. The van der Waals surface area contributed by atoms with Crippen LogP contribution in [0.15, 0.2) is 78.9 Å². The van der Waals surface area contributed by atoms with Crippen LogP contribution in [0.2, 0.25) is 0 Å². The summed E-state index contributed by atoms with van der Waals surface area (Å²) < 4.78 is 26.5. The third-order valence-electron chi connectivity index (χ3n) is 5.36. The highest BCUT2D eigenvalue weighted by Crippen LogP contribution is 2.26. The molecule has 1 N–H and O–H groups in total. The van der Waals surface area contributed by atoms with Crippen molar-refractivity contribution in [3.05, 3.63) is 102 Å². The molecule has 1 aliphatic heterocycles. The number of thiocarbonyl (C=S) groups is 1. The number of nitrogens with one attached hydrogen (secondary N) is 1. The van der Waals surface area contributed by atoms with Gasteiger partial charge < -0.3 is 10.2 Å². The van der Waals surface area contributed by atoms with Crippen LogP contribution in [0.25, 0.3) is 0 Å². The van der Waals surface area contributed by atoms with Crippen molar-refractivity contribution in [2.24, 2.45) is 0 Å². The number of hydrogen-bond donors (Lipinski definition) is 1. The Morgan fingerprint density at radius 3 is 2.06 bits per heavy atom. The summed E-state index contributed by atoms with van der Waals surface area (Å²) in [5, 5.41) is 3.00. The number of carbonyl (C=O) groups excluding carboxylic acids is 2. The number of anilines is 1. The van der Waals surface area contributed by atoms with Crippen LogP contribution in [0.1, 0.15) is 17.5 Å². The number of nitrogens with zero attached hydrogens (tertiary/aromatic N) is 2. The van der Waals surface area contributed by atoms with Crippen molar-refractivity contribution in [3.63, 3.8) is 0 Å². The normalized spacial score (nSPS) is 15.8. The third kappa shape index (κ3) is 5.40. The minimum Gasteiger partial charge on any atom is -0.332 e. The summed E-state index contributed by atoms with van der Waals surface area (Å²) in [7, 11) is 0. The van der Waals surface area contributed by atoms with Gasteiger partial charge in [0.1, 0.15) is 17.7 Å². The predicted molar refractivity (Wildman–Crippen MR) is 125 cm³/mol. The minimum absolute atomic E-state index is 0.136. The Bertz CT molecular complexity index is 1150. The highest BCUT2D eigenvalue weighted by Gasteiger charge is 2.43. The SMILES string of the molecule is O=C(CC1C(=O)N(Cc2ccccc2)C(=S)N1Cc1ccc(F)cc1)Nc1ccc(F)cc1. The predicted octanol–water partition coefficient (Wildman–Crippen LogP) is 4.49. The van der Waals surface area contributed by atoms with Gasteiger partial charge in [-0.15, -0.1) is 0 Å². The largest absolute Gasteiger partial charge is 0.332 e. The smallest absolute Gasteiger partial charge is 0.252 e. The number of hydrogen-bond acceptors (Lipinski definition) is 3. The second-order valence-corrected chi connectivity index (χ2v) is 8.09. The van der Waals surface area contributed by atoms with E-state index in [-0.39, 0.29) is 31.2 Å². The number of benzene rings is 3. The molecule has 3 aromatic carbocycles. The topological polar surface area (TPSA) is 52.7 Å². The van der Waals surface area contributed by atoms with E-state index in [4.69, 9.17) is 12.2 Å². The van der Waals surface area contributed by atoms with Crippen molar-refractivity contribution >= 4 is 34.8 Å². The van der Waals surface area contributed by atoms with E-state index in [1.807, 2.05) is 30.3 Å². The second kappa shape index (κ2) is 9.87. The van der Waals surface area contributed by atoms with Gasteiger partial charge >= 0.3 is 0 Å². The summed E-state index contributed by atoms with van der Waals surface area (Å²) in [5.74, 6) is -1.44. The standard InChI is InChI=1S/C25H21F2N3O2S/c26-19-8-6-18(7-9-19)15-29-22(14-23(31)28-21-12-10-20(27)11-13-21)24(32)30(25(29)33)16-17-4-2-1-3-5-17/h1-13,22H,14-16H2,(H,28,31). The van der Waals surface area contributed by atoms with Gasteiger partial charge in [0, 0.05) is 12.2 Å². The molecule has 1 unspecified atom stereocenters. The van der Waals surface area contributed by atoms with Crippen molar-refractivity contribution in [2.75, 3.05) is 5.32 Å². The second-order valence-electron chi connectivity index (χ2n) is 7.72. The summed E-state index contributed by atoms with van der Waals surface area (Å²) in [6.45, 7) is 0.541. The Labute approximate surface area is 195 Å². The van der Waals surface area contributed by atoms with E-state index < -0.39 is 17.8 Å². The molecule has 5 nitrogen and oxygen atoms in total. The van der Waals surface area contributed by atoms with E-state index in [1.54, 1.807) is 17.0 Å². The number of carbonyl (C=O) groups is 2. The Balaban J connectivity index is 1.55. The average Bonchev–Trinajstić information content (AvgIpc) is 3.02. The summed E-state index contributed by atoms with van der Waals surface area (Å²) in [4.78, 5) is 29.2. The highest BCUT2D eigenvalue weighted by molar-refractivity contribution is 7.80.